The highest BCUT2D eigenvalue weighted by atomic mass is 35.5. The number of carbonyl (C=O) groups excluding carboxylic acids is 2. The Morgan fingerprint density at radius 3 is 2.52 bits per heavy atom. The number of hydrogen-bond donors (Lipinski definition) is 1. The average Bonchev–Trinajstić information content (AvgIpc) is 2.41. The molecule has 0 saturated heterocycles. The fourth-order valence-corrected chi connectivity index (χ4v) is 2.06. The molecule has 0 spiro atoms. The van der Waals surface area contributed by atoms with Crippen molar-refractivity contribution in [2.75, 3.05) is 33.9 Å². The third-order valence-corrected chi connectivity index (χ3v) is 2.97. The fraction of sp³-hybridized carbons (Fsp3) is 0.462. The smallest absolute Gasteiger partial charge is 0.254 e. The molecule has 2 amide bonds. The first kappa shape index (κ1) is 17.7. The van der Waals surface area contributed by atoms with Gasteiger partial charge in [0, 0.05) is 32.9 Å². The van der Waals surface area contributed by atoms with E-state index in [9.17, 15) is 9.59 Å². The van der Waals surface area contributed by atoms with Gasteiger partial charge >= 0.3 is 0 Å². The van der Waals surface area contributed by atoms with Gasteiger partial charge in [0.2, 0.25) is 5.91 Å². The van der Waals surface area contributed by atoms with Crippen LogP contribution in [0.1, 0.15) is 16.8 Å². The monoisotopic (exact) mass is 333 g/mol. The number of methoxy groups -OCH3 is 1. The molecule has 1 rings (SSSR count). The van der Waals surface area contributed by atoms with Gasteiger partial charge in [0.15, 0.2) is 0 Å². The van der Waals surface area contributed by atoms with Crippen molar-refractivity contribution >= 4 is 35.0 Å². The molecule has 1 heterocycles. The van der Waals surface area contributed by atoms with E-state index in [-0.39, 0.29) is 34.2 Å². The highest BCUT2D eigenvalue weighted by Crippen LogP contribution is 2.15. The van der Waals surface area contributed by atoms with Crippen LogP contribution in [-0.2, 0) is 9.53 Å². The molecular weight excluding hydrogens is 317 g/mol. The van der Waals surface area contributed by atoms with Crippen LogP contribution in [0, 0.1) is 0 Å². The first-order chi connectivity index (χ1) is 9.93. The Balaban J connectivity index is 2.52. The van der Waals surface area contributed by atoms with Crippen molar-refractivity contribution in [2.45, 2.75) is 6.42 Å². The predicted octanol–water partition coefficient (Wildman–Crippen LogP) is 1.61. The zero-order chi connectivity index (χ0) is 15.8. The minimum absolute atomic E-state index is 0.0522. The molecule has 0 atom stereocenters. The van der Waals surface area contributed by atoms with E-state index in [4.69, 9.17) is 27.9 Å². The molecule has 0 radical (unpaired) electrons. The van der Waals surface area contributed by atoms with Gasteiger partial charge in [0.25, 0.3) is 5.91 Å². The largest absolute Gasteiger partial charge is 0.385 e. The summed E-state index contributed by atoms with van der Waals surface area (Å²) in [7, 11) is 3.12. The Morgan fingerprint density at radius 2 is 1.95 bits per heavy atom. The molecule has 116 valence electrons. The Morgan fingerprint density at radius 1 is 1.33 bits per heavy atom. The van der Waals surface area contributed by atoms with Crippen LogP contribution >= 0.6 is 23.2 Å². The Bertz CT molecular complexity index is 491. The topological polar surface area (TPSA) is 71.5 Å². The van der Waals surface area contributed by atoms with Crippen molar-refractivity contribution in [1.82, 2.24) is 15.2 Å². The van der Waals surface area contributed by atoms with Crippen LogP contribution in [0.2, 0.25) is 10.3 Å². The fourth-order valence-electron chi connectivity index (χ4n) is 1.60. The molecule has 0 saturated carbocycles. The Kier molecular flexibility index (Phi) is 7.42. The minimum Gasteiger partial charge on any atom is -0.385 e. The molecule has 0 aromatic carbocycles. The second-order valence-electron chi connectivity index (χ2n) is 4.36. The maximum atomic E-state index is 12.1. The van der Waals surface area contributed by atoms with Gasteiger partial charge in [-0.05, 0) is 18.6 Å². The molecule has 0 aliphatic carbocycles. The van der Waals surface area contributed by atoms with Crippen LogP contribution in [0.5, 0.6) is 0 Å². The number of rotatable bonds is 7. The lowest BCUT2D eigenvalue weighted by molar-refractivity contribution is -0.121. The van der Waals surface area contributed by atoms with E-state index < -0.39 is 0 Å². The maximum Gasteiger partial charge on any atom is 0.254 e. The number of nitrogens with zero attached hydrogens (tertiary/aromatic N) is 2. The first-order valence-electron chi connectivity index (χ1n) is 6.28. The van der Waals surface area contributed by atoms with E-state index in [1.807, 2.05) is 0 Å². The first-order valence-corrected chi connectivity index (χ1v) is 7.04. The molecule has 1 aromatic rings. The minimum atomic E-state index is -0.353. The van der Waals surface area contributed by atoms with Crippen molar-refractivity contribution in [2.24, 2.45) is 0 Å². The summed E-state index contributed by atoms with van der Waals surface area (Å²) in [6, 6.07) is 2.81. The van der Waals surface area contributed by atoms with Gasteiger partial charge in [-0.1, -0.05) is 23.2 Å². The second-order valence-corrected chi connectivity index (χ2v) is 5.13. The van der Waals surface area contributed by atoms with Crippen LogP contribution in [0.3, 0.4) is 0 Å². The van der Waals surface area contributed by atoms with Crippen molar-refractivity contribution < 1.29 is 14.3 Å². The zero-order valence-electron chi connectivity index (χ0n) is 11.9. The van der Waals surface area contributed by atoms with Crippen LogP contribution < -0.4 is 5.32 Å². The number of pyridine rings is 1. The summed E-state index contributed by atoms with van der Waals surface area (Å²) in [6.07, 6.45) is 0.718. The molecule has 8 heteroatoms. The number of aromatic nitrogens is 1. The SMILES string of the molecule is COCCCNC(=O)CN(C)C(=O)c1cc(Cl)nc(Cl)c1. The summed E-state index contributed by atoms with van der Waals surface area (Å²) in [5.74, 6) is -0.596. The van der Waals surface area contributed by atoms with E-state index >= 15 is 0 Å². The van der Waals surface area contributed by atoms with E-state index in [1.165, 1.54) is 24.1 Å². The van der Waals surface area contributed by atoms with Gasteiger partial charge in [-0.25, -0.2) is 4.98 Å². The Labute approximate surface area is 133 Å². The third kappa shape index (κ3) is 6.29. The summed E-state index contributed by atoms with van der Waals surface area (Å²) in [6.45, 7) is 1.02. The summed E-state index contributed by atoms with van der Waals surface area (Å²) in [5.41, 5.74) is 0.287. The van der Waals surface area contributed by atoms with E-state index in [0.29, 0.717) is 13.2 Å². The molecule has 1 aromatic heterocycles. The average molecular weight is 334 g/mol. The lowest BCUT2D eigenvalue weighted by Crippen LogP contribution is -2.38. The normalized spacial score (nSPS) is 10.3. The van der Waals surface area contributed by atoms with Gasteiger partial charge in [-0.15, -0.1) is 0 Å². The standard InChI is InChI=1S/C13H17Cl2N3O3/c1-18(8-12(19)16-4-3-5-21-2)13(20)9-6-10(14)17-11(15)7-9/h6-7H,3-5,8H2,1-2H3,(H,16,19). The van der Waals surface area contributed by atoms with Crippen LogP contribution in [0.4, 0.5) is 0 Å². The zero-order valence-corrected chi connectivity index (χ0v) is 13.4. The van der Waals surface area contributed by atoms with Crippen molar-refractivity contribution in [3.63, 3.8) is 0 Å². The van der Waals surface area contributed by atoms with E-state index in [0.717, 1.165) is 6.42 Å². The summed E-state index contributed by atoms with van der Waals surface area (Å²) in [4.78, 5) is 28.9. The molecule has 1 N–H and O–H groups in total. The molecular formula is C13H17Cl2N3O3. The molecule has 0 aliphatic rings. The summed E-state index contributed by atoms with van der Waals surface area (Å²) in [5, 5.41) is 2.96. The van der Waals surface area contributed by atoms with Crippen LogP contribution in [0.15, 0.2) is 12.1 Å². The number of hydrogen-bond acceptors (Lipinski definition) is 4. The number of ether oxygens (including phenoxy) is 1. The van der Waals surface area contributed by atoms with Gasteiger partial charge in [0.1, 0.15) is 10.3 Å². The second kappa shape index (κ2) is 8.81. The van der Waals surface area contributed by atoms with Gasteiger partial charge < -0.3 is 15.0 Å². The molecule has 0 aliphatic heterocycles. The number of nitrogens with one attached hydrogen (secondary N) is 1. The van der Waals surface area contributed by atoms with Crippen LogP contribution in [0.25, 0.3) is 0 Å². The predicted molar refractivity (Wildman–Crippen MR) is 80.7 cm³/mol. The lowest BCUT2D eigenvalue weighted by Gasteiger charge is -2.17. The highest BCUT2D eigenvalue weighted by molar-refractivity contribution is 6.33. The van der Waals surface area contributed by atoms with Gasteiger partial charge in [0.05, 0.1) is 6.54 Å². The van der Waals surface area contributed by atoms with Gasteiger partial charge in [-0.2, -0.15) is 0 Å². The number of halogens is 2. The Hall–Kier alpha value is -1.37. The van der Waals surface area contributed by atoms with Crippen LogP contribution in [-0.4, -0.2) is 55.6 Å². The molecule has 6 nitrogen and oxygen atoms in total. The molecule has 0 bridgehead atoms. The molecule has 0 unspecified atom stereocenters. The summed E-state index contributed by atoms with van der Waals surface area (Å²) >= 11 is 11.5. The van der Waals surface area contributed by atoms with E-state index in [2.05, 4.69) is 10.3 Å². The van der Waals surface area contributed by atoms with Crippen molar-refractivity contribution in [1.29, 1.82) is 0 Å². The number of likely N-dealkylation sites (N-methyl/N-ethyl adjacent to an activating group) is 1. The highest BCUT2D eigenvalue weighted by Gasteiger charge is 2.16. The van der Waals surface area contributed by atoms with Gasteiger partial charge in [-0.3, -0.25) is 9.59 Å². The number of amides is 2. The third-order valence-electron chi connectivity index (χ3n) is 2.58. The van der Waals surface area contributed by atoms with E-state index in [1.54, 1.807) is 7.11 Å². The van der Waals surface area contributed by atoms with Crippen molar-refractivity contribution in [3.8, 4) is 0 Å². The quantitative estimate of drug-likeness (QED) is 0.607. The number of carbonyl (C=O) groups is 2. The maximum absolute atomic E-state index is 12.1. The molecule has 21 heavy (non-hydrogen) atoms. The van der Waals surface area contributed by atoms with Crippen molar-refractivity contribution in [3.05, 3.63) is 28.0 Å². The molecule has 0 fully saturated rings. The lowest BCUT2D eigenvalue weighted by atomic mass is 10.2. The summed E-state index contributed by atoms with van der Waals surface area (Å²) < 4.78 is 4.88.